The van der Waals surface area contributed by atoms with Gasteiger partial charge in [0.25, 0.3) is 0 Å². The van der Waals surface area contributed by atoms with Gasteiger partial charge in [-0.15, -0.1) is 0 Å². The zero-order chi connectivity index (χ0) is 14.7. The summed E-state index contributed by atoms with van der Waals surface area (Å²) in [6.45, 7) is 6.27. The zero-order valence-electron chi connectivity index (χ0n) is 12.1. The predicted molar refractivity (Wildman–Crippen MR) is 80.9 cm³/mol. The zero-order valence-corrected chi connectivity index (χ0v) is 12.1. The van der Waals surface area contributed by atoms with Crippen LogP contribution in [0, 0.1) is 12.7 Å². The molecule has 0 saturated heterocycles. The molecule has 0 aliphatic rings. The van der Waals surface area contributed by atoms with E-state index in [0.29, 0.717) is 17.8 Å². The van der Waals surface area contributed by atoms with Crippen molar-refractivity contribution in [1.29, 1.82) is 0 Å². The Balaban J connectivity index is 2.57. The fourth-order valence-corrected chi connectivity index (χ4v) is 2.42. The standard InChI is InChI=1S/C17H20FNO/c1-4-19(14-8-5-7-12(2)11-14)17-15(13(3)20)9-6-10-16(17)18/h5-11,13,20H,4H2,1-3H3. The van der Waals surface area contributed by atoms with Gasteiger partial charge in [-0.2, -0.15) is 0 Å². The van der Waals surface area contributed by atoms with Crippen molar-refractivity contribution in [3.63, 3.8) is 0 Å². The molecule has 2 aromatic rings. The Morgan fingerprint density at radius 3 is 2.50 bits per heavy atom. The summed E-state index contributed by atoms with van der Waals surface area (Å²) in [5.74, 6) is -0.313. The highest BCUT2D eigenvalue weighted by Crippen LogP contribution is 2.34. The Bertz CT molecular complexity index is 595. The van der Waals surface area contributed by atoms with Gasteiger partial charge in [-0.25, -0.2) is 4.39 Å². The molecule has 0 fully saturated rings. The molecule has 0 aliphatic carbocycles. The SMILES string of the molecule is CCN(c1cccc(C)c1)c1c(F)cccc1C(C)O. The molecule has 106 valence electrons. The monoisotopic (exact) mass is 273 g/mol. The minimum Gasteiger partial charge on any atom is -0.389 e. The molecule has 0 aliphatic heterocycles. The normalized spacial score (nSPS) is 12.2. The maximum Gasteiger partial charge on any atom is 0.147 e. The second-order valence-electron chi connectivity index (χ2n) is 4.94. The molecule has 3 heteroatoms. The first kappa shape index (κ1) is 14.5. The molecular formula is C17H20FNO. The van der Waals surface area contributed by atoms with Gasteiger partial charge < -0.3 is 10.0 Å². The summed E-state index contributed by atoms with van der Waals surface area (Å²) < 4.78 is 14.3. The number of nitrogens with zero attached hydrogens (tertiary/aromatic N) is 1. The van der Waals surface area contributed by atoms with Crippen molar-refractivity contribution in [2.75, 3.05) is 11.4 Å². The summed E-state index contributed by atoms with van der Waals surface area (Å²) >= 11 is 0. The van der Waals surface area contributed by atoms with Crippen LogP contribution in [-0.2, 0) is 0 Å². The van der Waals surface area contributed by atoms with Crippen LogP contribution in [0.1, 0.15) is 31.1 Å². The van der Waals surface area contributed by atoms with Crippen LogP contribution in [0.25, 0.3) is 0 Å². The fourth-order valence-electron chi connectivity index (χ4n) is 2.42. The first-order chi connectivity index (χ1) is 9.54. The van der Waals surface area contributed by atoms with Gasteiger partial charge in [0, 0.05) is 17.8 Å². The maximum absolute atomic E-state index is 14.3. The number of aliphatic hydroxyl groups excluding tert-OH is 1. The lowest BCUT2D eigenvalue weighted by Gasteiger charge is -2.27. The Kier molecular flexibility index (Phi) is 4.40. The van der Waals surface area contributed by atoms with Gasteiger partial charge in [0.2, 0.25) is 0 Å². The molecule has 20 heavy (non-hydrogen) atoms. The quantitative estimate of drug-likeness (QED) is 0.895. The van der Waals surface area contributed by atoms with Crippen LogP contribution in [0.2, 0.25) is 0 Å². The molecule has 1 atom stereocenters. The van der Waals surface area contributed by atoms with Crippen molar-refractivity contribution in [3.05, 3.63) is 59.4 Å². The highest BCUT2D eigenvalue weighted by atomic mass is 19.1. The van der Waals surface area contributed by atoms with E-state index in [-0.39, 0.29) is 5.82 Å². The highest BCUT2D eigenvalue weighted by molar-refractivity contribution is 5.68. The lowest BCUT2D eigenvalue weighted by Crippen LogP contribution is -2.20. The largest absolute Gasteiger partial charge is 0.389 e. The molecule has 2 rings (SSSR count). The van der Waals surface area contributed by atoms with Gasteiger partial charge in [0.15, 0.2) is 0 Å². The van der Waals surface area contributed by atoms with Crippen LogP contribution in [0.3, 0.4) is 0 Å². The Morgan fingerprint density at radius 2 is 1.90 bits per heavy atom. The fraction of sp³-hybridized carbons (Fsp3) is 0.294. The summed E-state index contributed by atoms with van der Waals surface area (Å²) in [6, 6.07) is 12.8. The number of aryl methyl sites for hydroxylation is 1. The van der Waals surface area contributed by atoms with E-state index in [9.17, 15) is 9.50 Å². The number of halogens is 1. The number of hydrogen-bond acceptors (Lipinski definition) is 2. The van der Waals surface area contributed by atoms with Crippen LogP contribution in [-0.4, -0.2) is 11.7 Å². The number of rotatable bonds is 4. The first-order valence-corrected chi connectivity index (χ1v) is 6.85. The summed E-state index contributed by atoms with van der Waals surface area (Å²) in [6.07, 6.45) is -0.709. The van der Waals surface area contributed by atoms with Gasteiger partial charge >= 0.3 is 0 Å². The van der Waals surface area contributed by atoms with Crippen molar-refractivity contribution >= 4 is 11.4 Å². The van der Waals surface area contributed by atoms with Gasteiger partial charge in [0.05, 0.1) is 11.8 Å². The second-order valence-corrected chi connectivity index (χ2v) is 4.94. The van der Waals surface area contributed by atoms with Gasteiger partial charge in [-0.1, -0.05) is 24.3 Å². The van der Waals surface area contributed by atoms with Crippen LogP contribution in [0.4, 0.5) is 15.8 Å². The van der Waals surface area contributed by atoms with E-state index in [1.807, 2.05) is 43.0 Å². The van der Waals surface area contributed by atoms with Crippen LogP contribution >= 0.6 is 0 Å². The number of aliphatic hydroxyl groups is 1. The Morgan fingerprint density at radius 1 is 1.20 bits per heavy atom. The smallest absolute Gasteiger partial charge is 0.147 e. The molecule has 0 aromatic heterocycles. The van der Waals surface area contributed by atoms with Crippen molar-refractivity contribution < 1.29 is 9.50 Å². The van der Waals surface area contributed by atoms with Gasteiger partial charge in [-0.3, -0.25) is 0 Å². The predicted octanol–water partition coefficient (Wildman–Crippen LogP) is 4.35. The number of para-hydroxylation sites is 1. The average Bonchev–Trinajstić information content (AvgIpc) is 2.41. The molecule has 0 heterocycles. The summed E-state index contributed by atoms with van der Waals surface area (Å²) in [4.78, 5) is 1.89. The molecule has 1 unspecified atom stereocenters. The van der Waals surface area contributed by atoms with E-state index in [1.54, 1.807) is 19.1 Å². The molecule has 1 N–H and O–H groups in total. The second kappa shape index (κ2) is 6.06. The lowest BCUT2D eigenvalue weighted by atomic mass is 10.1. The van der Waals surface area contributed by atoms with E-state index >= 15 is 0 Å². The number of hydrogen-bond donors (Lipinski definition) is 1. The third-order valence-electron chi connectivity index (χ3n) is 3.37. The molecule has 0 amide bonds. The lowest BCUT2D eigenvalue weighted by molar-refractivity contribution is 0.199. The third-order valence-corrected chi connectivity index (χ3v) is 3.37. The first-order valence-electron chi connectivity index (χ1n) is 6.85. The summed E-state index contributed by atoms with van der Waals surface area (Å²) in [7, 11) is 0. The molecular weight excluding hydrogens is 253 g/mol. The molecule has 0 saturated carbocycles. The molecule has 0 spiro atoms. The van der Waals surface area contributed by atoms with Crippen LogP contribution < -0.4 is 4.90 Å². The minimum atomic E-state index is -0.709. The minimum absolute atomic E-state index is 0.313. The van der Waals surface area contributed by atoms with Crippen molar-refractivity contribution in [3.8, 4) is 0 Å². The maximum atomic E-state index is 14.3. The average molecular weight is 273 g/mol. The highest BCUT2D eigenvalue weighted by Gasteiger charge is 2.19. The molecule has 0 bridgehead atoms. The van der Waals surface area contributed by atoms with E-state index in [0.717, 1.165) is 11.3 Å². The van der Waals surface area contributed by atoms with Crippen molar-refractivity contribution in [1.82, 2.24) is 0 Å². The van der Waals surface area contributed by atoms with E-state index in [4.69, 9.17) is 0 Å². The number of benzene rings is 2. The Labute approximate surface area is 119 Å². The molecule has 2 aromatic carbocycles. The summed E-state index contributed by atoms with van der Waals surface area (Å²) in [5.41, 5.74) is 3.11. The van der Waals surface area contributed by atoms with E-state index in [1.165, 1.54) is 6.07 Å². The third kappa shape index (κ3) is 2.83. The Hall–Kier alpha value is -1.87. The van der Waals surface area contributed by atoms with Crippen LogP contribution in [0.5, 0.6) is 0 Å². The molecule has 0 radical (unpaired) electrons. The van der Waals surface area contributed by atoms with Crippen molar-refractivity contribution in [2.45, 2.75) is 26.9 Å². The summed E-state index contributed by atoms with van der Waals surface area (Å²) in [5, 5.41) is 9.88. The topological polar surface area (TPSA) is 23.5 Å². The van der Waals surface area contributed by atoms with Gasteiger partial charge in [0.1, 0.15) is 5.82 Å². The van der Waals surface area contributed by atoms with E-state index in [2.05, 4.69) is 0 Å². The molecule has 2 nitrogen and oxygen atoms in total. The van der Waals surface area contributed by atoms with E-state index < -0.39 is 6.10 Å². The van der Waals surface area contributed by atoms with Gasteiger partial charge in [-0.05, 0) is 44.5 Å². The van der Waals surface area contributed by atoms with Crippen molar-refractivity contribution in [2.24, 2.45) is 0 Å². The van der Waals surface area contributed by atoms with Crippen LogP contribution in [0.15, 0.2) is 42.5 Å². The number of anilines is 2.